The molecule has 0 spiro atoms. The van der Waals surface area contributed by atoms with Crippen LogP contribution in [0.15, 0.2) is 42.6 Å². The van der Waals surface area contributed by atoms with Crippen LogP contribution in [0.1, 0.15) is 56.5 Å². The lowest BCUT2D eigenvalue weighted by Gasteiger charge is -2.43. The summed E-state index contributed by atoms with van der Waals surface area (Å²) in [5.74, 6) is 0.501. The third-order valence-electron chi connectivity index (χ3n) is 6.32. The van der Waals surface area contributed by atoms with E-state index in [0.717, 1.165) is 30.8 Å². The van der Waals surface area contributed by atoms with Gasteiger partial charge in [0.25, 0.3) is 0 Å². The second-order valence-electron chi connectivity index (χ2n) is 8.42. The topological polar surface area (TPSA) is 43.6 Å². The molecule has 0 unspecified atom stereocenters. The maximum atomic E-state index is 14.3. The van der Waals surface area contributed by atoms with Gasteiger partial charge in [-0.15, -0.1) is 0 Å². The molecular formula is C23H27FN4. The van der Waals surface area contributed by atoms with Crippen molar-refractivity contribution in [3.8, 4) is 11.3 Å². The Kier molecular flexibility index (Phi) is 4.77. The fraction of sp³-hybridized carbons (Fsp3) is 0.435. The molecule has 0 saturated carbocycles. The number of aromatic nitrogens is 4. The highest BCUT2D eigenvalue weighted by Gasteiger charge is 2.44. The number of benzene rings is 1. The quantitative estimate of drug-likeness (QED) is 0.620. The molecule has 0 amide bonds. The molecule has 146 valence electrons. The first-order chi connectivity index (χ1) is 13.4. The van der Waals surface area contributed by atoms with Crippen molar-refractivity contribution in [2.45, 2.75) is 58.4 Å². The minimum Gasteiger partial charge on any atom is -0.272 e. The number of fused-ring (bicyclic) bond motifs is 1. The zero-order chi connectivity index (χ0) is 19.9. The van der Waals surface area contributed by atoms with Gasteiger partial charge in [0.2, 0.25) is 0 Å². The van der Waals surface area contributed by atoms with Crippen LogP contribution in [0.3, 0.4) is 0 Å². The smallest absolute Gasteiger partial charge is 0.132 e. The summed E-state index contributed by atoms with van der Waals surface area (Å²) >= 11 is 0. The first kappa shape index (κ1) is 18.8. The summed E-state index contributed by atoms with van der Waals surface area (Å²) in [7, 11) is 0. The zero-order valence-electron chi connectivity index (χ0n) is 17.0. The Morgan fingerprint density at radius 1 is 1.21 bits per heavy atom. The Labute approximate surface area is 165 Å². The van der Waals surface area contributed by atoms with Crippen molar-refractivity contribution in [3.05, 3.63) is 65.4 Å². The van der Waals surface area contributed by atoms with Gasteiger partial charge in [0.15, 0.2) is 0 Å². The average Bonchev–Trinajstić information content (AvgIpc) is 3.09. The molecule has 0 saturated heterocycles. The van der Waals surface area contributed by atoms with Crippen LogP contribution in [0.2, 0.25) is 0 Å². The number of aryl methyl sites for hydroxylation is 1. The van der Waals surface area contributed by atoms with E-state index in [0.29, 0.717) is 23.1 Å². The third-order valence-corrected chi connectivity index (χ3v) is 6.32. The highest BCUT2D eigenvalue weighted by Crippen LogP contribution is 2.47. The van der Waals surface area contributed by atoms with Gasteiger partial charge in [-0.3, -0.25) is 4.68 Å². The van der Waals surface area contributed by atoms with Gasteiger partial charge in [-0.25, -0.2) is 4.39 Å². The van der Waals surface area contributed by atoms with E-state index >= 15 is 0 Å². The van der Waals surface area contributed by atoms with Crippen LogP contribution in [-0.2, 0) is 12.0 Å². The Balaban J connectivity index is 1.82. The molecule has 1 aliphatic carbocycles. The second-order valence-corrected chi connectivity index (χ2v) is 8.42. The third kappa shape index (κ3) is 3.13. The predicted molar refractivity (Wildman–Crippen MR) is 109 cm³/mol. The number of rotatable bonds is 4. The van der Waals surface area contributed by atoms with E-state index in [-0.39, 0.29) is 11.2 Å². The van der Waals surface area contributed by atoms with Crippen molar-refractivity contribution in [1.82, 2.24) is 20.0 Å². The van der Waals surface area contributed by atoms with E-state index in [1.807, 2.05) is 29.9 Å². The van der Waals surface area contributed by atoms with Crippen LogP contribution >= 0.6 is 0 Å². The van der Waals surface area contributed by atoms with Crippen LogP contribution in [0, 0.1) is 18.7 Å². The Hall–Kier alpha value is -2.56. The molecule has 0 fully saturated rings. The number of hydrogen-bond acceptors (Lipinski definition) is 3. The second kappa shape index (κ2) is 7.12. The lowest BCUT2D eigenvalue weighted by Crippen LogP contribution is -2.42. The van der Waals surface area contributed by atoms with Crippen molar-refractivity contribution in [3.63, 3.8) is 0 Å². The maximum absolute atomic E-state index is 14.3. The van der Waals surface area contributed by atoms with Crippen LogP contribution in [0.25, 0.3) is 11.3 Å². The monoisotopic (exact) mass is 378 g/mol. The van der Waals surface area contributed by atoms with Gasteiger partial charge < -0.3 is 0 Å². The summed E-state index contributed by atoms with van der Waals surface area (Å²) in [4.78, 5) is 0. The standard InChI is InChI=1S/C23H27FN4/c1-15(2)23(14-28-12-10-17(4)27-28)11-9-16(3)19-13-21(25-26-22(19)23)18-7-5-6-8-20(18)24/h5-8,10,12-13,15-16H,9,11,14H2,1-4H3/t16-,23+/m1/s1. The summed E-state index contributed by atoms with van der Waals surface area (Å²) in [6.45, 7) is 9.53. The highest BCUT2D eigenvalue weighted by atomic mass is 19.1. The normalized spacial score (nSPS) is 21.7. The van der Waals surface area contributed by atoms with Crippen molar-refractivity contribution in [2.24, 2.45) is 5.92 Å². The van der Waals surface area contributed by atoms with Crippen LogP contribution in [0.5, 0.6) is 0 Å². The predicted octanol–water partition coefficient (Wildman–Crippen LogP) is 5.28. The van der Waals surface area contributed by atoms with Crippen LogP contribution < -0.4 is 0 Å². The molecule has 5 heteroatoms. The molecule has 28 heavy (non-hydrogen) atoms. The Morgan fingerprint density at radius 2 is 2.00 bits per heavy atom. The van der Waals surface area contributed by atoms with E-state index in [1.165, 1.54) is 11.6 Å². The van der Waals surface area contributed by atoms with Crippen molar-refractivity contribution in [2.75, 3.05) is 0 Å². The summed E-state index contributed by atoms with van der Waals surface area (Å²) in [5.41, 5.74) is 4.25. The molecule has 0 bridgehead atoms. The van der Waals surface area contributed by atoms with Crippen molar-refractivity contribution in [1.29, 1.82) is 0 Å². The fourth-order valence-electron chi connectivity index (χ4n) is 4.46. The van der Waals surface area contributed by atoms with E-state index < -0.39 is 0 Å². The molecule has 2 atom stereocenters. The zero-order valence-corrected chi connectivity index (χ0v) is 17.0. The fourth-order valence-corrected chi connectivity index (χ4v) is 4.46. The van der Waals surface area contributed by atoms with E-state index in [1.54, 1.807) is 12.1 Å². The highest BCUT2D eigenvalue weighted by molar-refractivity contribution is 5.61. The van der Waals surface area contributed by atoms with Gasteiger partial charge in [-0.1, -0.05) is 32.9 Å². The molecule has 4 nitrogen and oxygen atoms in total. The van der Waals surface area contributed by atoms with Crippen LogP contribution in [0.4, 0.5) is 4.39 Å². The maximum Gasteiger partial charge on any atom is 0.132 e. The SMILES string of the molecule is Cc1ccn(C[C@]2(C(C)C)CC[C@@H](C)c3cc(-c4ccccc4F)nnc32)n1. The minimum atomic E-state index is -0.262. The molecule has 2 heterocycles. The molecule has 0 radical (unpaired) electrons. The number of nitrogens with zero attached hydrogens (tertiary/aromatic N) is 4. The average molecular weight is 378 g/mol. The summed E-state index contributed by atoms with van der Waals surface area (Å²) in [6.07, 6.45) is 4.16. The minimum absolute atomic E-state index is 0.124. The lowest BCUT2D eigenvalue weighted by molar-refractivity contribution is 0.200. The Morgan fingerprint density at radius 3 is 2.68 bits per heavy atom. The van der Waals surface area contributed by atoms with Gasteiger partial charge in [0, 0.05) is 17.2 Å². The molecule has 3 aromatic rings. The first-order valence-electron chi connectivity index (χ1n) is 10.0. The molecular weight excluding hydrogens is 351 g/mol. The first-order valence-corrected chi connectivity index (χ1v) is 10.0. The molecule has 4 rings (SSSR count). The van der Waals surface area contributed by atoms with Crippen molar-refractivity contribution >= 4 is 0 Å². The summed E-state index contributed by atoms with van der Waals surface area (Å²) < 4.78 is 16.3. The van der Waals surface area contributed by atoms with Gasteiger partial charge in [0.05, 0.1) is 23.6 Å². The number of halogens is 1. The molecule has 0 N–H and O–H groups in total. The number of hydrogen-bond donors (Lipinski definition) is 0. The van der Waals surface area contributed by atoms with Gasteiger partial charge in [-0.05, 0) is 61.4 Å². The summed E-state index contributed by atoms with van der Waals surface area (Å²) in [6, 6.07) is 10.9. The van der Waals surface area contributed by atoms with Gasteiger partial charge in [-0.2, -0.15) is 15.3 Å². The summed E-state index contributed by atoms with van der Waals surface area (Å²) in [5, 5.41) is 13.8. The van der Waals surface area contributed by atoms with Gasteiger partial charge in [0.1, 0.15) is 5.82 Å². The molecule has 1 aromatic carbocycles. The molecule has 0 aliphatic heterocycles. The molecule has 2 aromatic heterocycles. The van der Waals surface area contributed by atoms with E-state index in [2.05, 4.69) is 37.0 Å². The van der Waals surface area contributed by atoms with Crippen LogP contribution in [-0.4, -0.2) is 20.0 Å². The molecule has 1 aliphatic rings. The van der Waals surface area contributed by atoms with E-state index in [4.69, 9.17) is 5.10 Å². The van der Waals surface area contributed by atoms with Gasteiger partial charge >= 0.3 is 0 Å². The van der Waals surface area contributed by atoms with Crippen molar-refractivity contribution < 1.29 is 4.39 Å². The lowest BCUT2D eigenvalue weighted by atomic mass is 9.64. The van der Waals surface area contributed by atoms with E-state index in [9.17, 15) is 4.39 Å². The Bertz CT molecular complexity index is 994. The largest absolute Gasteiger partial charge is 0.272 e.